The molecule has 9 heteroatoms. The summed E-state index contributed by atoms with van der Waals surface area (Å²) in [5, 5.41) is 0. The fraction of sp³-hybridized carbons (Fsp3) is 1.00. The largest absolute Gasteiger partial charge is 0.335 e. The molecule has 0 aromatic heterocycles. The number of hydrogen-bond donors (Lipinski definition) is 0. The second-order valence-corrected chi connectivity index (χ2v) is 11.1. The number of rotatable bonds is 2. The highest BCUT2D eigenvalue weighted by atomic mass is 32.5. The average molecular weight is 346 g/mol. The molecule has 0 spiro atoms. The average Bonchev–Trinajstić information content (AvgIpc) is 2.08. The maximum absolute atomic E-state index is 5.75. The van der Waals surface area contributed by atoms with Crippen molar-refractivity contribution in [3.8, 4) is 0 Å². The van der Waals surface area contributed by atoms with Crippen LogP contribution in [0.3, 0.4) is 0 Å². The zero-order valence-electron chi connectivity index (χ0n) is 11.5. The summed E-state index contributed by atoms with van der Waals surface area (Å²) in [4.78, 5) is 0. The van der Waals surface area contributed by atoms with Gasteiger partial charge in [0.25, 0.3) is 0 Å². The molecule has 0 aromatic carbocycles. The van der Waals surface area contributed by atoms with Gasteiger partial charge in [0.05, 0.1) is 24.4 Å². The van der Waals surface area contributed by atoms with Crippen molar-refractivity contribution in [2.45, 2.75) is 65.0 Å². The van der Waals surface area contributed by atoms with Crippen molar-refractivity contribution >= 4 is 37.1 Å². The van der Waals surface area contributed by atoms with E-state index in [0.29, 0.717) is 0 Å². The van der Waals surface area contributed by atoms with Gasteiger partial charge in [-0.15, -0.1) is 0 Å². The van der Waals surface area contributed by atoms with Crippen molar-refractivity contribution in [3.05, 3.63) is 0 Å². The van der Waals surface area contributed by atoms with E-state index < -0.39 is 13.4 Å². The summed E-state index contributed by atoms with van der Waals surface area (Å²) in [6.45, 7) is 2.03. The van der Waals surface area contributed by atoms with E-state index in [1.165, 1.54) is 0 Å². The van der Waals surface area contributed by atoms with Crippen molar-refractivity contribution in [1.82, 2.24) is 0 Å². The van der Waals surface area contributed by atoms with Gasteiger partial charge in [0.2, 0.25) is 0 Å². The highest BCUT2D eigenvalue weighted by Crippen LogP contribution is 2.70. The second-order valence-electron chi connectivity index (χ2n) is 5.11. The highest BCUT2D eigenvalue weighted by Gasteiger charge is 2.42. The van der Waals surface area contributed by atoms with Gasteiger partial charge in [-0.2, -0.15) is 0 Å². The Kier molecular flexibility index (Phi) is 5.26. The number of hydrogen-bond acceptors (Lipinski definition) is 7. The lowest BCUT2D eigenvalue weighted by molar-refractivity contribution is 0.0203. The van der Waals surface area contributed by atoms with Gasteiger partial charge >= 0.3 is 13.4 Å². The Morgan fingerprint density at radius 1 is 0.737 bits per heavy atom. The van der Waals surface area contributed by atoms with Crippen LogP contribution in [0, 0.1) is 0 Å². The fourth-order valence-corrected chi connectivity index (χ4v) is 9.76. The first-order valence-corrected chi connectivity index (χ1v) is 11.5. The van der Waals surface area contributed by atoms with Crippen LogP contribution in [0.25, 0.3) is 0 Å². The first kappa shape index (κ1) is 16.5. The van der Waals surface area contributed by atoms with Gasteiger partial charge in [-0.05, 0) is 51.3 Å². The van der Waals surface area contributed by atoms with Crippen molar-refractivity contribution < 1.29 is 22.4 Å². The van der Waals surface area contributed by atoms with Crippen LogP contribution in [0.4, 0.5) is 0 Å². The maximum atomic E-state index is 5.75. The van der Waals surface area contributed by atoms with E-state index in [9.17, 15) is 0 Å². The summed E-state index contributed by atoms with van der Waals surface area (Å²) in [5.41, 5.74) is 0. The van der Waals surface area contributed by atoms with Crippen molar-refractivity contribution in [1.29, 1.82) is 0 Å². The Morgan fingerprint density at radius 3 is 1.26 bits per heavy atom. The Morgan fingerprint density at radius 2 is 1.00 bits per heavy atom. The summed E-state index contributed by atoms with van der Waals surface area (Å²) in [6.07, 6.45) is 1.57. The molecule has 0 amide bonds. The highest BCUT2D eigenvalue weighted by molar-refractivity contribution is 8.14. The molecule has 2 fully saturated rings. The van der Waals surface area contributed by atoms with Gasteiger partial charge in [0.1, 0.15) is 0 Å². The molecule has 0 aromatic rings. The molecular weight excluding hydrogens is 326 g/mol. The van der Waals surface area contributed by atoms with Gasteiger partial charge < -0.3 is 18.1 Å². The van der Waals surface area contributed by atoms with Crippen molar-refractivity contribution in [3.63, 3.8) is 0 Å². The monoisotopic (exact) mass is 346 g/mol. The molecule has 2 heterocycles. The van der Waals surface area contributed by atoms with E-state index >= 15 is 0 Å². The van der Waals surface area contributed by atoms with Crippen LogP contribution >= 0.6 is 13.4 Å². The molecule has 4 unspecified atom stereocenters. The molecule has 2 aliphatic rings. The van der Waals surface area contributed by atoms with Crippen LogP contribution in [-0.4, -0.2) is 24.4 Å². The van der Waals surface area contributed by atoms with E-state index in [2.05, 4.69) is 0 Å². The Labute approximate surface area is 124 Å². The molecule has 19 heavy (non-hydrogen) atoms. The van der Waals surface area contributed by atoms with Crippen LogP contribution in [0.5, 0.6) is 0 Å². The summed E-state index contributed by atoms with van der Waals surface area (Å²) in [7, 11) is 0. The molecule has 0 bridgehead atoms. The van der Waals surface area contributed by atoms with E-state index in [4.69, 9.17) is 46.0 Å². The third-order valence-corrected chi connectivity index (χ3v) is 9.07. The normalized spacial score (nSPS) is 52.0. The van der Waals surface area contributed by atoms with Crippen LogP contribution in [0.2, 0.25) is 0 Å². The summed E-state index contributed by atoms with van der Waals surface area (Å²) >= 11 is 10.8. The lowest BCUT2D eigenvalue weighted by Gasteiger charge is -2.39. The zero-order chi connectivity index (χ0) is 14.3. The van der Waals surface area contributed by atoms with Gasteiger partial charge in [0.15, 0.2) is 0 Å². The van der Waals surface area contributed by atoms with Gasteiger partial charge in [0, 0.05) is 12.8 Å². The molecule has 5 nitrogen and oxygen atoms in total. The quantitative estimate of drug-likeness (QED) is 0.703. The topological polar surface area (TPSA) is 46.2 Å². The Hall–Kier alpha value is 1.10. The van der Waals surface area contributed by atoms with Gasteiger partial charge in [-0.25, -0.2) is 4.31 Å². The minimum atomic E-state index is -2.88. The van der Waals surface area contributed by atoms with Crippen LogP contribution in [0.1, 0.15) is 40.5 Å². The maximum Gasteiger partial charge on any atom is 0.335 e. The molecule has 0 N–H and O–H groups in total. The summed E-state index contributed by atoms with van der Waals surface area (Å²) in [5.74, 6) is 0. The van der Waals surface area contributed by atoms with E-state index in [-0.39, 0.29) is 24.4 Å². The van der Waals surface area contributed by atoms with Crippen LogP contribution < -0.4 is 0 Å². The Balaban J connectivity index is 2.10. The second kappa shape index (κ2) is 6.07. The molecule has 112 valence electrons. The van der Waals surface area contributed by atoms with Crippen molar-refractivity contribution in [2.75, 3.05) is 0 Å². The van der Waals surface area contributed by atoms with Gasteiger partial charge in [-0.3, -0.25) is 0 Å². The predicted molar refractivity (Wildman–Crippen MR) is 81.1 cm³/mol. The lowest BCUT2D eigenvalue weighted by atomic mass is 10.2. The van der Waals surface area contributed by atoms with Crippen LogP contribution in [-0.2, 0) is 46.0 Å². The molecule has 2 rings (SSSR count). The minimum Gasteiger partial charge on any atom is -0.305 e. The molecule has 0 aliphatic carbocycles. The van der Waals surface area contributed by atoms with Crippen molar-refractivity contribution in [2.24, 2.45) is 0 Å². The van der Waals surface area contributed by atoms with E-state index in [1.807, 2.05) is 27.7 Å². The third-order valence-electron chi connectivity index (χ3n) is 2.76. The smallest absolute Gasteiger partial charge is 0.305 e. The molecule has 2 saturated heterocycles. The van der Waals surface area contributed by atoms with E-state index in [1.54, 1.807) is 0 Å². The zero-order valence-corrected chi connectivity index (χ0v) is 14.9. The van der Waals surface area contributed by atoms with E-state index in [0.717, 1.165) is 12.8 Å². The standard InChI is InChI=1S/C10H20O5P2S2/c1-7-5-8(2)12-16(18,11-7)15-17(19)13-9(3)6-10(4)14-17/h7-10H,5-6H2,1-4H3. The molecular formula is C10H20O5P2S2. The minimum absolute atomic E-state index is 0.00387. The summed E-state index contributed by atoms with van der Waals surface area (Å²) < 4.78 is 28.4. The molecule has 0 saturated carbocycles. The molecule has 2 aliphatic heterocycles. The third kappa shape index (κ3) is 4.53. The Bertz CT molecular complexity index is 366. The first-order chi connectivity index (χ1) is 8.70. The summed E-state index contributed by atoms with van der Waals surface area (Å²) in [6, 6.07) is 0. The molecule has 4 atom stereocenters. The first-order valence-electron chi connectivity index (χ1n) is 6.35. The molecule has 0 radical (unpaired) electrons. The SMILES string of the molecule is CC1CC(C)OP(=S)(OP2(=S)OC(C)CC(C)O2)O1. The fourth-order valence-electron chi connectivity index (χ4n) is 2.24. The lowest BCUT2D eigenvalue weighted by Crippen LogP contribution is -2.27. The van der Waals surface area contributed by atoms with Gasteiger partial charge in [-0.1, -0.05) is 0 Å². The van der Waals surface area contributed by atoms with Crippen LogP contribution in [0.15, 0.2) is 0 Å². The predicted octanol–water partition coefficient (Wildman–Crippen LogP) is 3.88.